The van der Waals surface area contributed by atoms with Crippen LogP contribution in [0.3, 0.4) is 0 Å². The van der Waals surface area contributed by atoms with Crippen molar-refractivity contribution < 1.29 is 8.42 Å². The minimum absolute atomic E-state index is 0.233. The molecule has 1 atom stereocenters. The number of pyridine rings is 1. The molecule has 0 bridgehead atoms. The maximum absolute atomic E-state index is 11.8. The van der Waals surface area contributed by atoms with E-state index in [9.17, 15) is 8.42 Å². The van der Waals surface area contributed by atoms with Crippen molar-refractivity contribution in [2.24, 2.45) is 0 Å². The molecule has 1 unspecified atom stereocenters. The van der Waals surface area contributed by atoms with Gasteiger partial charge in [0, 0.05) is 25.5 Å². The predicted molar refractivity (Wildman–Crippen MR) is 72.4 cm³/mol. The lowest BCUT2D eigenvalue weighted by Gasteiger charge is -2.19. The Balaban J connectivity index is 2.06. The first-order valence-electron chi connectivity index (χ1n) is 6.01. The third-order valence-electron chi connectivity index (χ3n) is 3.41. The van der Waals surface area contributed by atoms with Crippen LogP contribution in [0, 0.1) is 0 Å². The summed E-state index contributed by atoms with van der Waals surface area (Å²) in [6.45, 7) is 3.84. The fraction of sp³-hybridized carbons (Fsp3) is 0.583. The van der Waals surface area contributed by atoms with Gasteiger partial charge in [0.05, 0.1) is 16.0 Å². The van der Waals surface area contributed by atoms with E-state index in [1.807, 2.05) is 6.07 Å². The van der Waals surface area contributed by atoms with E-state index in [4.69, 9.17) is 11.6 Å². The van der Waals surface area contributed by atoms with Gasteiger partial charge in [-0.3, -0.25) is 9.88 Å². The maximum atomic E-state index is 11.8. The van der Waals surface area contributed by atoms with Crippen LogP contribution in [0.1, 0.15) is 18.9 Å². The van der Waals surface area contributed by atoms with Crippen LogP contribution >= 0.6 is 11.6 Å². The van der Waals surface area contributed by atoms with Crippen LogP contribution < -0.4 is 0 Å². The van der Waals surface area contributed by atoms with Gasteiger partial charge in [0.25, 0.3) is 0 Å². The molecule has 0 amide bonds. The highest BCUT2D eigenvalue weighted by atomic mass is 35.5. The fourth-order valence-electron chi connectivity index (χ4n) is 2.04. The summed E-state index contributed by atoms with van der Waals surface area (Å²) in [5.74, 6) is 0.233. The Kier molecular flexibility index (Phi) is 4.25. The Hall–Kier alpha value is -0.650. The molecule has 1 aliphatic heterocycles. The lowest BCUT2D eigenvalue weighted by molar-refractivity contribution is 0.283. The van der Waals surface area contributed by atoms with Gasteiger partial charge in [-0.1, -0.05) is 11.6 Å². The van der Waals surface area contributed by atoms with Crippen LogP contribution in [-0.2, 0) is 16.4 Å². The zero-order chi connectivity index (χ0) is 13.2. The Morgan fingerprint density at radius 2 is 2.28 bits per heavy atom. The summed E-state index contributed by atoms with van der Waals surface area (Å²) in [6, 6.07) is 1.88. The molecule has 2 heterocycles. The SMILES string of the molecule is CC1CCN(Cc2ccncc2Cl)CCS1(=O)=O. The summed E-state index contributed by atoms with van der Waals surface area (Å²) in [6.07, 6.45) is 4.01. The number of nitrogens with zero attached hydrogens (tertiary/aromatic N) is 2. The summed E-state index contributed by atoms with van der Waals surface area (Å²) in [7, 11) is -2.92. The topological polar surface area (TPSA) is 50.3 Å². The predicted octanol–water partition coefficient (Wildman–Crippen LogP) is 1.74. The van der Waals surface area contributed by atoms with Gasteiger partial charge in [-0.25, -0.2) is 8.42 Å². The van der Waals surface area contributed by atoms with Gasteiger partial charge in [0.2, 0.25) is 0 Å². The average Bonchev–Trinajstić information content (AvgIpc) is 2.45. The van der Waals surface area contributed by atoms with Crippen molar-refractivity contribution in [1.29, 1.82) is 0 Å². The smallest absolute Gasteiger partial charge is 0.154 e. The van der Waals surface area contributed by atoms with E-state index in [0.29, 0.717) is 24.5 Å². The van der Waals surface area contributed by atoms with Crippen molar-refractivity contribution in [1.82, 2.24) is 9.88 Å². The number of sulfone groups is 1. The summed E-state index contributed by atoms with van der Waals surface area (Å²) in [5, 5.41) is 0.396. The van der Waals surface area contributed by atoms with Gasteiger partial charge in [-0.05, 0) is 31.5 Å². The molecule has 1 fully saturated rings. The van der Waals surface area contributed by atoms with Crippen molar-refractivity contribution in [3.8, 4) is 0 Å². The maximum Gasteiger partial charge on any atom is 0.154 e. The monoisotopic (exact) mass is 288 g/mol. The zero-order valence-corrected chi connectivity index (χ0v) is 11.9. The van der Waals surface area contributed by atoms with Crippen LogP contribution in [0.25, 0.3) is 0 Å². The second-order valence-electron chi connectivity index (χ2n) is 4.71. The highest BCUT2D eigenvalue weighted by Crippen LogP contribution is 2.19. The summed E-state index contributed by atoms with van der Waals surface area (Å²) in [4.78, 5) is 6.09. The molecule has 0 spiro atoms. The quantitative estimate of drug-likeness (QED) is 0.832. The lowest BCUT2D eigenvalue weighted by Crippen LogP contribution is -2.26. The van der Waals surface area contributed by atoms with Crippen LogP contribution in [0.4, 0.5) is 0 Å². The van der Waals surface area contributed by atoms with E-state index in [2.05, 4.69) is 9.88 Å². The van der Waals surface area contributed by atoms with E-state index in [1.165, 1.54) is 0 Å². The largest absolute Gasteiger partial charge is 0.298 e. The lowest BCUT2D eigenvalue weighted by atomic mass is 10.2. The van der Waals surface area contributed by atoms with Gasteiger partial charge in [-0.2, -0.15) is 0 Å². The normalized spacial score (nSPS) is 24.7. The zero-order valence-electron chi connectivity index (χ0n) is 10.3. The Labute approximate surface area is 113 Å². The van der Waals surface area contributed by atoms with Crippen molar-refractivity contribution in [2.45, 2.75) is 25.1 Å². The number of halogens is 1. The molecule has 0 aromatic carbocycles. The highest BCUT2D eigenvalue weighted by molar-refractivity contribution is 7.92. The summed E-state index contributed by atoms with van der Waals surface area (Å²) >= 11 is 6.06. The Morgan fingerprint density at radius 3 is 3.00 bits per heavy atom. The molecule has 1 aromatic heterocycles. The molecular formula is C12H17ClN2O2S. The van der Waals surface area contributed by atoms with E-state index >= 15 is 0 Å². The van der Waals surface area contributed by atoms with Crippen molar-refractivity contribution >= 4 is 21.4 Å². The number of hydrogen-bond acceptors (Lipinski definition) is 4. The summed E-state index contributed by atoms with van der Waals surface area (Å²) in [5.41, 5.74) is 0.999. The number of hydrogen-bond donors (Lipinski definition) is 0. The highest BCUT2D eigenvalue weighted by Gasteiger charge is 2.26. The van der Waals surface area contributed by atoms with Crippen molar-refractivity contribution in [3.63, 3.8) is 0 Å². The minimum Gasteiger partial charge on any atom is -0.298 e. The first-order chi connectivity index (χ1) is 8.49. The molecule has 100 valence electrons. The van der Waals surface area contributed by atoms with Gasteiger partial charge in [-0.15, -0.1) is 0 Å². The minimum atomic E-state index is -2.92. The molecule has 1 saturated heterocycles. The Bertz CT molecular complexity index is 519. The van der Waals surface area contributed by atoms with Gasteiger partial charge >= 0.3 is 0 Å². The molecule has 0 saturated carbocycles. The summed E-state index contributed by atoms with van der Waals surface area (Å²) < 4.78 is 23.6. The van der Waals surface area contributed by atoms with Gasteiger partial charge in [0.1, 0.15) is 0 Å². The molecular weight excluding hydrogens is 272 g/mol. The van der Waals surface area contributed by atoms with E-state index in [0.717, 1.165) is 12.1 Å². The molecule has 6 heteroatoms. The van der Waals surface area contributed by atoms with Crippen LogP contribution in [0.15, 0.2) is 18.5 Å². The standard InChI is InChI=1S/C12H17ClN2O2S/c1-10-3-5-15(6-7-18(10,16)17)9-11-2-4-14-8-12(11)13/h2,4,8,10H,3,5-7,9H2,1H3. The molecule has 1 aromatic rings. The molecule has 4 nitrogen and oxygen atoms in total. The van der Waals surface area contributed by atoms with Crippen LogP contribution in [-0.4, -0.2) is 42.4 Å². The fourth-order valence-corrected chi connectivity index (χ4v) is 3.60. The average molecular weight is 289 g/mol. The molecule has 18 heavy (non-hydrogen) atoms. The van der Waals surface area contributed by atoms with E-state index < -0.39 is 9.84 Å². The molecule has 1 aliphatic rings. The molecule has 0 radical (unpaired) electrons. The molecule has 2 rings (SSSR count). The van der Waals surface area contributed by atoms with Crippen LogP contribution in [0.2, 0.25) is 5.02 Å². The second-order valence-corrected chi connectivity index (χ2v) is 7.66. The van der Waals surface area contributed by atoms with Gasteiger partial charge in [0.15, 0.2) is 9.84 Å². The molecule has 0 aliphatic carbocycles. The van der Waals surface area contributed by atoms with E-state index in [1.54, 1.807) is 19.3 Å². The number of aromatic nitrogens is 1. The number of rotatable bonds is 2. The van der Waals surface area contributed by atoms with Crippen LogP contribution in [0.5, 0.6) is 0 Å². The van der Waals surface area contributed by atoms with Crippen molar-refractivity contribution in [2.75, 3.05) is 18.8 Å². The Morgan fingerprint density at radius 1 is 1.50 bits per heavy atom. The third-order valence-corrected chi connectivity index (χ3v) is 5.96. The van der Waals surface area contributed by atoms with E-state index in [-0.39, 0.29) is 11.0 Å². The first kappa shape index (κ1) is 13.8. The second kappa shape index (κ2) is 5.55. The van der Waals surface area contributed by atoms with Gasteiger partial charge < -0.3 is 0 Å². The third kappa shape index (κ3) is 3.22. The molecule has 0 N–H and O–H groups in total. The van der Waals surface area contributed by atoms with Crippen molar-refractivity contribution in [3.05, 3.63) is 29.0 Å². The first-order valence-corrected chi connectivity index (χ1v) is 8.10.